The highest BCUT2D eigenvalue weighted by atomic mass is 79.9. The van der Waals surface area contributed by atoms with E-state index in [1.165, 1.54) is 0 Å². The minimum atomic E-state index is -0.0268. The number of hydrogen-bond donors (Lipinski definition) is 1. The van der Waals surface area contributed by atoms with E-state index in [0.717, 1.165) is 28.9 Å². The van der Waals surface area contributed by atoms with E-state index in [-0.39, 0.29) is 6.10 Å². The molecule has 112 valence electrons. The highest BCUT2D eigenvalue weighted by Crippen LogP contribution is 2.23. The second-order valence-electron chi connectivity index (χ2n) is 5.41. The minimum Gasteiger partial charge on any atom is -0.483 e. The molecule has 0 saturated heterocycles. The highest BCUT2D eigenvalue weighted by molar-refractivity contribution is 9.10. The lowest BCUT2D eigenvalue weighted by Gasteiger charge is -2.20. The number of benzene rings is 1. The third-order valence-electron chi connectivity index (χ3n) is 3.01. The molecule has 1 aromatic heterocycles. The molecule has 1 heterocycles. The van der Waals surface area contributed by atoms with Gasteiger partial charge in [-0.25, -0.2) is 0 Å². The molecular formula is C17H21BrN2O. The summed E-state index contributed by atoms with van der Waals surface area (Å²) in [4.78, 5) is 4.15. The average molecular weight is 349 g/mol. The van der Waals surface area contributed by atoms with Gasteiger partial charge in [0, 0.05) is 17.2 Å². The van der Waals surface area contributed by atoms with Gasteiger partial charge in [0.05, 0.1) is 6.20 Å². The molecule has 0 saturated carbocycles. The third-order valence-corrected chi connectivity index (χ3v) is 3.45. The van der Waals surface area contributed by atoms with Crippen LogP contribution in [0.3, 0.4) is 0 Å². The average Bonchev–Trinajstić information content (AvgIpc) is 2.47. The number of hydrogen-bond acceptors (Lipinski definition) is 3. The summed E-state index contributed by atoms with van der Waals surface area (Å²) in [5, 5.41) is 3.46. The number of nitrogens with one attached hydrogen (secondary N) is 1. The van der Waals surface area contributed by atoms with E-state index in [9.17, 15) is 0 Å². The van der Waals surface area contributed by atoms with Crippen LogP contribution in [0.4, 0.5) is 0 Å². The maximum absolute atomic E-state index is 6.11. The van der Waals surface area contributed by atoms with Crippen LogP contribution >= 0.6 is 15.9 Å². The zero-order valence-corrected chi connectivity index (χ0v) is 14.0. The predicted molar refractivity (Wildman–Crippen MR) is 89.5 cm³/mol. The quantitative estimate of drug-likeness (QED) is 0.813. The van der Waals surface area contributed by atoms with Gasteiger partial charge in [-0.15, -0.1) is 0 Å². The van der Waals surface area contributed by atoms with Crippen LogP contribution in [0, 0.1) is 5.92 Å². The van der Waals surface area contributed by atoms with Crippen molar-refractivity contribution in [1.29, 1.82) is 0 Å². The van der Waals surface area contributed by atoms with E-state index in [0.29, 0.717) is 5.92 Å². The normalized spacial score (nSPS) is 12.4. The molecule has 0 aliphatic carbocycles. The summed E-state index contributed by atoms with van der Waals surface area (Å²) < 4.78 is 7.03. The number of halogens is 1. The van der Waals surface area contributed by atoms with Crippen LogP contribution in [0.25, 0.3) is 0 Å². The number of aromatic nitrogens is 1. The Bertz CT molecular complexity index is 545. The minimum absolute atomic E-state index is 0.0268. The van der Waals surface area contributed by atoms with Gasteiger partial charge in [-0.2, -0.15) is 0 Å². The first kappa shape index (κ1) is 16.0. The fourth-order valence-electron chi connectivity index (χ4n) is 2.02. The number of rotatable bonds is 7. The SMILES string of the molecule is CC(C)CNCC(Oc1cncc(Br)c1)c1ccccc1. The van der Waals surface area contributed by atoms with Crippen LogP contribution in [0.2, 0.25) is 0 Å². The fourth-order valence-corrected chi connectivity index (χ4v) is 2.36. The van der Waals surface area contributed by atoms with Crippen molar-refractivity contribution >= 4 is 15.9 Å². The Kier molecular flexibility index (Phi) is 6.21. The highest BCUT2D eigenvalue weighted by Gasteiger charge is 2.13. The van der Waals surface area contributed by atoms with Gasteiger partial charge in [0.2, 0.25) is 0 Å². The molecule has 0 spiro atoms. The topological polar surface area (TPSA) is 34.1 Å². The smallest absolute Gasteiger partial charge is 0.139 e. The van der Waals surface area contributed by atoms with E-state index in [1.807, 2.05) is 24.3 Å². The van der Waals surface area contributed by atoms with Crippen LogP contribution in [0.5, 0.6) is 5.75 Å². The second-order valence-corrected chi connectivity index (χ2v) is 6.32. The molecule has 4 heteroatoms. The summed E-state index contributed by atoms with van der Waals surface area (Å²) in [5.74, 6) is 1.39. The first-order valence-corrected chi connectivity index (χ1v) is 7.97. The van der Waals surface area contributed by atoms with Gasteiger partial charge in [0.1, 0.15) is 11.9 Å². The van der Waals surface area contributed by atoms with E-state index in [2.05, 4.69) is 52.2 Å². The van der Waals surface area contributed by atoms with Gasteiger partial charge in [0.15, 0.2) is 0 Å². The zero-order chi connectivity index (χ0) is 15.1. The van der Waals surface area contributed by atoms with Gasteiger partial charge >= 0.3 is 0 Å². The van der Waals surface area contributed by atoms with Crippen molar-refractivity contribution in [2.75, 3.05) is 13.1 Å². The summed E-state index contributed by atoms with van der Waals surface area (Å²) in [6.07, 6.45) is 3.46. The molecular weight excluding hydrogens is 328 g/mol. The molecule has 2 aromatic rings. The van der Waals surface area contributed by atoms with Crippen LogP contribution in [0.1, 0.15) is 25.5 Å². The summed E-state index contributed by atoms with van der Waals surface area (Å²) in [6.45, 7) is 6.14. The van der Waals surface area contributed by atoms with Gasteiger partial charge in [-0.05, 0) is 40.0 Å². The van der Waals surface area contributed by atoms with E-state index in [1.54, 1.807) is 12.4 Å². The summed E-state index contributed by atoms with van der Waals surface area (Å²) in [7, 11) is 0. The van der Waals surface area contributed by atoms with Crippen molar-refractivity contribution < 1.29 is 4.74 Å². The molecule has 0 bridgehead atoms. The Morgan fingerprint density at radius 3 is 2.57 bits per heavy atom. The Hall–Kier alpha value is -1.39. The lowest BCUT2D eigenvalue weighted by Crippen LogP contribution is -2.28. The Labute approximate surface area is 134 Å². The van der Waals surface area contributed by atoms with Gasteiger partial charge < -0.3 is 10.1 Å². The Morgan fingerprint density at radius 1 is 1.14 bits per heavy atom. The lowest BCUT2D eigenvalue weighted by molar-refractivity contribution is 0.199. The Balaban J connectivity index is 2.08. The van der Waals surface area contributed by atoms with Crippen molar-refractivity contribution in [3.8, 4) is 5.75 Å². The summed E-state index contributed by atoms with van der Waals surface area (Å²) in [5.41, 5.74) is 1.16. The van der Waals surface area contributed by atoms with Crippen molar-refractivity contribution in [2.24, 2.45) is 5.92 Å². The molecule has 0 amide bonds. The number of ether oxygens (including phenoxy) is 1. The van der Waals surface area contributed by atoms with Crippen molar-refractivity contribution in [2.45, 2.75) is 20.0 Å². The summed E-state index contributed by atoms with van der Waals surface area (Å²) >= 11 is 3.42. The maximum atomic E-state index is 6.11. The van der Waals surface area contributed by atoms with Gasteiger partial charge in [-0.3, -0.25) is 4.98 Å². The molecule has 1 unspecified atom stereocenters. The molecule has 0 fully saturated rings. The molecule has 3 nitrogen and oxygen atoms in total. The largest absolute Gasteiger partial charge is 0.483 e. The van der Waals surface area contributed by atoms with E-state index >= 15 is 0 Å². The molecule has 1 aromatic carbocycles. The first-order chi connectivity index (χ1) is 10.1. The number of pyridine rings is 1. The molecule has 1 N–H and O–H groups in total. The summed E-state index contributed by atoms with van der Waals surface area (Å²) in [6, 6.07) is 12.2. The molecule has 2 rings (SSSR count). The molecule has 0 aliphatic heterocycles. The van der Waals surface area contributed by atoms with Crippen LogP contribution < -0.4 is 10.1 Å². The molecule has 0 aliphatic rings. The number of nitrogens with zero attached hydrogens (tertiary/aromatic N) is 1. The standard InChI is InChI=1S/C17H21BrN2O/c1-13(2)9-19-12-17(14-6-4-3-5-7-14)21-16-8-15(18)10-20-11-16/h3-8,10-11,13,17,19H,9,12H2,1-2H3. The lowest BCUT2D eigenvalue weighted by atomic mass is 10.1. The van der Waals surface area contributed by atoms with Gasteiger partial charge in [0.25, 0.3) is 0 Å². The van der Waals surface area contributed by atoms with Crippen LogP contribution in [-0.4, -0.2) is 18.1 Å². The van der Waals surface area contributed by atoms with E-state index in [4.69, 9.17) is 4.74 Å². The monoisotopic (exact) mass is 348 g/mol. The molecule has 0 radical (unpaired) electrons. The van der Waals surface area contributed by atoms with Crippen molar-refractivity contribution in [3.05, 3.63) is 58.8 Å². The van der Waals surface area contributed by atoms with Gasteiger partial charge in [-0.1, -0.05) is 44.2 Å². The van der Waals surface area contributed by atoms with Crippen LogP contribution in [0.15, 0.2) is 53.3 Å². The predicted octanol–water partition coefficient (Wildman–Crippen LogP) is 4.21. The maximum Gasteiger partial charge on any atom is 0.139 e. The van der Waals surface area contributed by atoms with Crippen molar-refractivity contribution in [1.82, 2.24) is 10.3 Å². The molecule has 1 atom stereocenters. The fraction of sp³-hybridized carbons (Fsp3) is 0.353. The first-order valence-electron chi connectivity index (χ1n) is 7.18. The second kappa shape index (κ2) is 8.15. The molecule has 21 heavy (non-hydrogen) atoms. The Morgan fingerprint density at radius 2 is 1.90 bits per heavy atom. The van der Waals surface area contributed by atoms with Crippen molar-refractivity contribution in [3.63, 3.8) is 0 Å². The zero-order valence-electron chi connectivity index (χ0n) is 12.4. The van der Waals surface area contributed by atoms with Crippen LogP contribution in [-0.2, 0) is 0 Å². The third kappa shape index (κ3) is 5.48. The van der Waals surface area contributed by atoms with E-state index < -0.39 is 0 Å².